The normalized spacial score (nSPS) is 32.9. The summed E-state index contributed by atoms with van der Waals surface area (Å²) in [6.07, 6.45) is 17.8. The average molecular weight is 1040 g/mol. The van der Waals surface area contributed by atoms with E-state index in [2.05, 4.69) is 20.1 Å². The number of ketones is 2. The molecule has 0 spiro atoms. The fourth-order valence-corrected chi connectivity index (χ4v) is 19.2. The fourth-order valence-electron chi connectivity index (χ4n) is 15.4. The Balaban J connectivity index is 0.000000174. The zero-order chi connectivity index (χ0) is 49.9. The Hall–Kier alpha value is -2.92. The molecule has 384 valence electrons. The highest BCUT2D eigenvalue weighted by Crippen LogP contribution is 2.64. The van der Waals surface area contributed by atoms with Crippen LogP contribution in [0.4, 0.5) is 0 Å². The van der Waals surface area contributed by atoms with Crippen LogP contribution in [0.3, 0.4) is 0 Å². The standard InChI is InChI=1S/C28H39ClN2O4S.C25H33ClN2O5S/c1-27(2,31-36(34,35)24-11-7-6-10-23(24)29)25(32)14-22-19-12-18-13-20(22)17-28(15-18,16-19)26(33)30-21-8-4-3-5-9-21;26-20-4-1-2-5-21(20)34(32,33)28-25(6-3-7-25)22(30)12-19-17-10-16-11-18(19)15-24(13-16,14-17)23(31)27-8-9-29/h6-7,10-11,18-22,31H,3-5,8-9,12-17H2,1-2H3,(H,30,33);1-2,4-5,16-19,28-29H,3,6-15H2,(H,27,31). The van der Waals surface area contributed by atoms with E-state index in [4.69, 9.17) is 28.3 Å². The van der Waals surface area contributed by atoms with Crippen LogP contribution in [0.2, 0.25) is 10.0 Å². The van der Waals surface area contributed by atoms with Crippen LogP contribution in [0.25, 0.3) is 0 Å². The van der Waals surface area contributed by atoms with Crippen molar-refractivity contribution in [3.63, 3.8) is 0 Å². The van der Waals surface area contributed by atoms with E-state index in [1.807, 2.05) is 0 Å². The van der Waals surface area contributed by atoms with Crippen LogP contribution in [0.5, 0.6) is 0 Å². The monoisotopic (exact) mass is 1040 g/mol. The molecule has 0 aliphatic heterocycles. The molecule has 8 bridgehead atoms. The number of hydrogen-bond donors (Lipinski definition) is 5. The molecule has 2 amide bonds. The predicted octanol–water partition coefficient (Wildman–Crippen LogP) is 8.30. The van der Waals surface area contributed by atoms with Gasteiger partial charge in [-0.15, -0.1) is 0 Å². The molecule has 10 fully saturated rings. The van der Waals surface area contributed by atoms with Crippen LogP contribution in [-0.2, 0) is 39.2 Å². The lowest BCUT2D eigenvalue weighted by molar-refractivity contribution is -0.156. The molecule has 13 nitrogen and oxygen atoms in total. The summed E-state index contributed by atoms with van der Waals surface area (Å²) in [5.74, 6) is 3.01. The number of carbonyl (C=O) groups is 4. The van der Waals surface area contributed by atoms with Gasteiger partial charge in [-0.3, -0.25) is 19.2 Å². The molecular weight excluding hydrogens is 972 g/mol. The summed E-state index contributed by atoms with van der Waals surface area (Å²) in [5, 5.41) is 15.7. The number of aliphatic hydroxyl groups excluding tert-OH is 1. The molecule has 17 heteroatoms. The Morgan fingerprint density at radius 3 is 1.63 bits per heavy atom. The second kappa shape index (κ2) is 20.1. The molecule has 0 radical (unpaired) electrons. The van der Waals surface area contributed by atoms with E-state index < -0.39 is 31.1 Å². The van der Waals surface area contributed by atoms with E-state index in [1.165, 1.54) is 43.5 Å². The van der Waals surface area contributed by atoms with Gasteiger partial charge in [0, 0.05) is 36.3 Å². The van der Waals surface area contributed by atoms with Gasteiger partial charge in [0.2, 0.25) is 31.9 Å². The predicted molar refractivity (Wildman–Crippen MR) is 268 cm³/mol. The van der Waals surface area contributed by atoms with Crippen molar-refractivity contribution >= 4 is 66.6 Å². The Morgan fingerprint density at radius 2 is 1.14 bits per heavy atom. The number of Topliss-reactive ketones (excluding diaryl/α,β-unsaturated/α-hetero) is 2. The van der Waals surface area contributed by atoms with Gasteiger partial charge < -0.3 is 15.7 Å². The van der Waals surface area contributed by atoms with E-state index in [1.54, 1.807) is 38.1 Å². The molecule has 70 heavy (non-hydrogen) atoms. The number of halogens is 2. The number of benzene rings is 2. The molecule has 2 aromatic rings. The third-order valence-corrected chi connectivity index (χ3v) is 22.7. The van der Waals surface area contributed by atoms with E-state index in [9.17, 15) is 36.0 Å². The molecule has 10 saturated carbocycles. The maximum Gasteiger partial charge on any atom is 0.242 e. The minimum Gasteiger partial charge on any atom is -0.395 e. The molecule has 5 N–H and O–H groups in total. The van der Waals surface area contributed by atoms with Crippen LogP contribution in [0, 0.1) is 58.2 Å². The second-order valence-corrected chi connectivity index (χ2v) is 27.6. The first-order valence-corrected chi connectivity index (χ1v) is 29.7. The lowest BCUT2D eigenvalue weighted by Gasteiger charge is -2.59. The van der Waals surface area contributed by atoms with Crippen molar-refractivity contribution in [2.75, 3.05) is 13.2 Å². The number of amides is 2. The Kier molecular flexibility index (Phi) is 14.9. The maximum atomic E-state index is 13.6. The fraction of sp³-hybridized carbons (Fsp3) is 0.698. The third kappa shape index (κ3) is 10.3. The summed E-state index contributed by atoms with van der Waals surface area (Å²) in [6, 6.07) is 12.9. The van der Waals surface area contributed by atoms with Crippen molar-refractivity contribution in [2.45, 2.75) is 169 Å². The summed E-state index contributed by atoms with van der Waals surface area (Å²) < 4.78 is 57.5. The van der Waals surface area contributed by atoms with Gasteiger partial charge >= 0.3 is 0 Å². The SMILES string of the molecule is CC(C)(NS(=O)(=O)c1ccccc1Cl)C(=O)CC1C2CC3CC1CC(C(=O)NC1CCCCC1)(C3)C2.O=C(NCCO)C12CC3CC(C1)C(CC(=O)C1(NS(=O)(=O)c4ccccc4Cl)CCC1)C(C3)C2. The Labute approximate surface area is 424 Å². The van der Waals surface area contributed by atoms with Crippen molar-refractivity contribution in [2.24, 2.45) is 58.2 Å². The van der Waals surface area contributed by atoms with Crippen molar-refractivity contribution < 1.29 is 41.1 Å². The van der Waals surface area contributed by atoms with Crippen LogP contribution >= 0.6 is 23.2 Å². The van der Waals surface area contributed by atoms with Crippen LogP contribution in [0.1, 0.15) is 142 Å². The van der Waals surface area contributed by atoms with E-state index in [0.29, 0.717) is 67.2 Å². The first-order chi connectivity index (χ1) is 33.2. The highest BCUT2D eigenvalue weighted by atomic mass is 35.5. The summed E-state index contributed by atoms with van der Waals surface area (Å²) in [7, 11) is -7.87. The minimum absolute atomic E-state index is 0.00111. The number of nitrogens with one attached hydrogen (secondary N) is 4. The highest BCUT2D eigenvalue weighted by molar-refractivity contribution is 7.90. The van der Waals surface area contributed by atoms with Crippen molar-refractivity contribution in [1.29, 1.82) is 0 Å². The van der Waals surface area contributed by atoms with E-state index in [0.717, 1.165) is 83.5 Å². The van der Waals surface area contributed by atoms with Gasteiger partial charge in [-0.25, -0.2) is 16.8 Å². The van der Waals surface area contributed by atoms with Gasteiger partial charge in [0.05, 0.1) is 27.7 Å². The summed E-state index contributed by atoms with van der Waals surface area (Å²) in [6.45, 7) is 3.48. The number of sulfonamides is 2. The van der Waals surface area contributed by atoms with Crippen LogP contribution in [-0.4, -0.2) is 75.6 Å². The molecular formula is C53H72Cl2N4O9S2. The van der Waals surface area contributed by atoms with Gasteiger partial charge in [-0.05, 0) is 182 Å². The average Bonchev–Trinajstić information content (AvgIpc) is 3.29. The molecule has 4 unspecified atom stereocenters. The van der Waals surface area contributed by atoms with E-state index >= 15 is 0 Å². The molecule has 0 saturated heterocycles. The van der Waals surface area contributed by atoms with Crippen LogP contribution in [0.15, 0.2) is 58.3 Å². The first-order valence-electron chi connectivity index (χ1n) is 26.0. The lowest BCUT2D eigenvalue weighted by Crippen LogP contribution is -2.61. The smallest absolute Gasteiger partial charge is 0.242 e. The van der Waals surface area contributed by atoms with Crippen molar-refractivity contribution in [3.8, 4) is 0 Å². The number of rotatable bonds is 17. The molecule has 0 aromatic heterocycles. The van der Waals surface area contributed by atoms with Crippen molar-refractivity contribution in [3.05, 3.63) is 58.6 Å². The summed E-state index contributed by atoms with van der Waals surface area (Å²) in [4.78, 5) is 53.5. The first kappa shape index (κ1) is 52.0. The zero-order valence-corrected chi connectivity index (χ0v) is 43.8. The molecule has 4 atom stereocenters. The third-order valence-electron chi connectivity index (χ3n) is 18.5. The van der Waals surface area contributed by atoms with Gasteiger partial charge in [0.25, 0.3) is 0 Å². The quantitative estimate of drug-likeness (QED) is 0.103. The summed E-state index contributed by atoms with van der Waals surface area (Å²) >= 11 is 12.3. The Morgan fingerprint density at radius 1 is 0.657 bits per heavy atom. The van der Waals surface area contributed by atoms with Gasteiger partial charge in [-0.2, -0.15) is 9.44 Å². The van der Waals surface area contributed by atoms with Crippen molar-refractivity contribution in [1.82, 2.24) is 20.1 Å². The second-order valence-electron chi connectivity index (χ2n) is 23.5. The molecule has 12 rings (SSSR count). The lowest BCUT2D eigenvalue weighted by atomic mass is 9.45. The zero-order valence-electron chi connectivity index (χ0n) is 40.7. The van der Waals surface area contributed by atoms with Gasteiger partial charge in [0.1, 0.15) is 9.79 Å². The summed E-state index contributed by atoms with van der Waals surface area (Å²) in [5.41, 5.74) is -2.94. The van der Waals surface area contributed by atoms with Gasteiger partial charge in [-0.1, -0.05) is 66.7 Å². The highest BCUT2D eigenvalue weighted by Gasteiger charge is 2.61. The van der Waals surface area contributed by atoms with Crippen LogP contribution < -0.4 is 20.1 Å². The minimum atomic E-state index is -3.95. The molecule has 0 heterocycles. The maximum absolute atomic E-state index is 13.6. The largest absolute Gasteiger partial charge is 0.395 e. The number of carbonyl (C=O) groups excluding carboxylic acids is 4. The number of aliphatic hydroxyl groups is 1. The van der Waals surface area contributed by atoms with Gasteiger partial charge in [0.15, 0.2) is 11.6 Å². The van der Waals surface area contributed by atoms with E-state index in [-0.39, 0.29) is 79.0 Å². The molecule has 2 aromatic carbocycles. The molecule has 10 aliphatic carbocycles. The number of hydrogen-bond acceptors (Lipinski definition) is 9. The molecule has 10 aliphatic rings. The topological polar surface area (TPSA) is 205 Å². The Bertz CT molecular complexity index is 2530.